The van der Waals surface area contributed by atoms with Crippen molar-refractivity contribution in [3.8, 4) is 11.5 Å². The van der Waals surface area contributed by atoms with E-state index >= 15 is 0 Å². The Hall–Kier alpha value is -1.82. The average Bonchev–Trinajstić information content (AvgIpc) is 2.27. The van der Waals surface area contributed by atoms with E-state index in [2.05, 4.69) is 0 Å². The summed E-state index contributed by atoms with van der Waals surface area (Å²) in [6.07, 6.45) is 0. The molecule has 0 aliphatic carbocycles. The van der Waals surface area contributed by atoms with Crippen molar-refractivity contribution < 1.29 is 19.5 Å². The maximum Gasteiger partial charge on any atom is 0.314 e. The van der Waals surface area contributed by atoms with Gasteiger partial charge in [0.15, 0.2) is 5.75 Å². The van der Waals surface area contributed by atoms with Crippen molar-refractivity contribution in [3.63, 3.8) is 0 Å². The second kappa shape index (κ2) is 5.01. The third kappa shape index (κ3) is 3.60. The number of aromatic hydroxyl groups is 1. The predicted octanol–water partition coefficient (Wildman–Crippen LogP) is 2.10. The van der Waals surface area contributed by atoms with E-state index in [1.165, 1.54) is 18.2 Å². The first-order valence-electron chi connectivity index (χ1n) is 5.01. The Morgan fingerprint density at radius 1 is 1.47 bits per heavy atom. The van der Waals surface area contributed by atoms with E-state index in [4.69, 9.17) is 9.47 Å². The molecule has 1 rings (SSSR count). The van der Waals surface area contributed by atoms with Crippen LogP contribution in [0.5, 0.6) is 11.5 Å². The maximum absolute atomic E-state index is 10.6. The SMILES string of the molecule is COC(C)(C)COc1ccc(O)c([N+](=O)[O-])c1. The van der Waals surface area contributed by atoms with Gasteiger partial charge in [0.25, 0.3) is 0 Å². The summed E-state index contributed by atoms with van der Waals surface area (Å²) in [5.74, 6) is -0.0621. The lowest BCUT2D eigenvalue weighted by Crippen LogP contribution is -2.30. The van der Waals surface area contributed by atoms with Crippen LogP contribution in [0.4, 0.5) is 5.69 Å². The summed E-state index contributed by atoms with van der Waals surface area (Å²) in [4.78, 5) is 9.93. The third-order valence-corrected chi connectivity index (χ3v) is 2.28. The van der Waals surface area contributed by atoms with Crippen LogP contribution in [0.2, 0.25) is 0 Å². The summed E-state index contributed by atoms with van der Waals surface area (Å²) in [7, 11) is 1.56. The van der Waals surface area contributed by atoms with Crippen LogP contribution in [-0.4, -0.2) is 29.3 Å². The predicted molar refractivity (Wildman–Crippen MR) is 61.3 cm³/mol. The zero-order valence-electron chi connectivity index (χ0n) is 9.97. The smallest absolute Gasteiger partial charge is 0.314 e. The molecule has 94 valence electrons. The number of nitro groups is 1. The summed E-state index contributed by atoms with van der Waals surface area (Å²) < 4.78 is 10.5. The van der Waals surface area contributed by atoms with Crippen LogP contribution >= 0.6 is 0 Å². The third-order valence-electron chi connectivity index (χ3n) is 2.28. The summed E-state index contributed by atoms with van der Waals surface area (Å²) >= 11 is 0. The van der Waals surface area contributed by atoms with Crippen molar-refractivity contribution in [3.05, 3.63) is 28.3 Å². The maximum atomic E-state index is 10.6. The van der Waals surface area contributed by atoms with Crippen molar-refractivity contribution in [2.75, 3.05) is 13.7 Å². The Morgan fingerprint density at radius 2 is 2.12 bits per heavy atom. The van der Waals surface area contributed by atoms with Gasteiger partial charge in [0.1, 0.15) is 12.4 Å². The number of hydrogen-bond acceptors (Lipinski definition) is 5. The highest BCUT2D eigenvalue weighted by Crippen LogP contribution is 2.30. The number of phenols is 1. The van der Waals surface area contributed by atoms with Crippen LogP contribution in [0.1, 0.15) is 13.8 Å². The van der Waals surface area contributed by atoms with Crippen LogP contribution < -0.4 is 4.74 Å². The minimum absolute atomic E-state index is 0.255. The van der Waals surface area contributed by atoms with Crippen molar-refractivity contribution in [2.45, 2.75) is 19.4 Å². The van der Waals surface area contributed by atoms with Crippen molar-refractivity contribution >= 4 is 5.69 Å². The molecule has 0 atom stereocenters. The molecule has 0 spiro atoms. The molecule has 1 N–H and O–H groups in total. The molecule has 17 heavy (non-hydrogen) atoms. The molecule has 0 aliphatic heterocycles. The Labute approximate surface area is 98.9 Å². The van der Waals surface area contributed by atoms with E-state index in [-0.39, 0.29) is 18.0 Å². The lowest BCUT2D eigenvalue weighted by atomic mass is 10.1. The number of hydrogen-bond donors (Lipinski definition) is 1. The number of ether oxygens (including phenoxy) is 2. The number of nitro benzene ring substituents is 1. The monoisotopic (exact) mass is 241 g/mol. The average molecular weight is 241 g/mol. The highest BCUT2D eigenvalue weighted by molar-refractivity contribution is 5.49. The zero-order chi connectivity index (χ0) is 13.1. The number of phenolic OH excluding ortho intramolecular Hbond substituents is 1. The first-order chi connectivity index (χ1) is 7.85. The van der Waals surface area contributed by atoms with E-state index in [0.717, 1.165) is 0 Å². The van der Waals surface area contributed by atoms with Gasteiger partial charge in [0.05, 0.1) is 16.6 Å². The highest BCUT2D eigenvalue weighted by Gasteiger charge is 2.19. The number of methoxy groups -OCH3 is 1. The van der Waals surface area contributed by atoms with E-state index < -0.39 is 10.5 Å². The summed E-state index contributed by atoms with van der Waals surface area (Å²) in [5.41, 5.74) is -0.857. The molecule has 6 heteroatoms. The molecule has 6 nitrogen and oxygen atoms in total. The normalized spacial score (nSPS) is 11.2. The number of rotatable bonds is 5. The van der Waals surface area contributed by atoms with Crippen LogP contribution in [0.15, 0.2) is 18.2 Å². The van der Waals surface area contributed by atoms with Gasteiger partial charge in [-0.3, -0.25) is 10.1 Å². The quantitative estimate of drug-likeness (QED) is 0.630. The molecule has 0 radical (unpaired) electrons. The largest absolute Gasteiger partial charge is 0.502 e. The molecule has 0 aliphatic rings. The van der Waals surface area contributed by atoms with Gasteiger partial charge < -0.3 is 14.6 Å². The van der Waals surface area contributed by atoms with Crippen molar-refractivity contribution in [1.82, 2.24) is 0 Å². The highest BCUT2D eigenvalue weighted by atomic mass is 16.6. The fourth-order valence-electron chi connectivity index (χ4n) is 1.06. The summed E-state index contributed by atoms with van der Waals surface area (Å²) in [6.45, 7) is 3.93. The van der Waals surface area contributed by atoms with Gasteiger partial charge in [-0.15, -0.1) is 0 Å². The van der Waals surface area contributed by atoms with Gasteiger partial charge in [-0.2, -0.15) is 0 Å². The molecule has 0 bridgehead atoms. The second-order valence-corrected chi connectivity index (χ2v) is 4.16. The van der Waals surface area contributed by atoms with E-state index in [1.54, 1.807) is 7.11 Å². The molecule has 0 saturated carbocycles. The molecule has 0 aromatic heterocycles. The van der Waals surface area contributed by atoms with E-state index in [0.29, 0.717) is 5.75 Å². The van der Waals surface area contributed by atoms with Gasteiger partial charge in [0, 0.05) is 7.11 Å². The van der Waals surface area contributed by atoms with Gasteiger partial charge in [-0.05, 0) is 26.0 Å². The van der Waals surface area contributed by atoms with Gasteiger partial charge in [-0.1, -0.05) is 0 Å². The molecule has 0 saturated heterocycles. The summed E-state index contributed by atoms with van der Waals surface area (Å²) in [5, 5.41) is 19.9. The lowest BCUT2D eigenvalue weighted by molar-refractivity contribution is -0.385. The molecule has 1 aromatic rings. The first-order valence-corrected chi connectivity index (χ1v) is 5.01. The van der Waals surface area contributed by atoms with Crippen LogP contribution in [0, 0.1) is 10.1 Å². The fourth-order valence-corrected chi connectivity index (χ4v) is 1.06. The van der Waals surface area contributed by atoms with E-state index in [1.807, 2.05) is 13.8 Å². The van der Waals surface area contributed by atoms with Crippen LogP contribution in [0.25, 0.3) is 0 Å². The topological polar surface area (TPSA) is 81.8 Å². The molecule has 0 fully saturated rings. The molecular formula is C11H15NO5. The van der Waals surface area contributed by atoms with Gasteiger partial charge in [-0.25, -0.2) is 0 Å². The number of benzene rings is 1. The van der Waals surface area contributed by atoms with Gasteiger partial charge in [0.2, 0.25) is 0 Å². The van der Waals surface area contributed by atoms with Crippen molar-refractivity contribution in [1.29, 1.82) is 0 Å². The standard InChI is InChI=1S/C11H15NO5/c1-11(2,16-3)7-17-8-4-5-10(13)9(6-8)12(14)15/h4-6,13H,7H2,1-3H3. The summed E-state index contributed by atoms with van der Waals surface area (Å²) in [6, 6.07) is 3.88. The molecule has 0 heterocycles. The number of nitrogens with zero attached hydrogens (tertiary/aromatic N) is 1. The fraction of sp³-hybridized carbons (Fsp3) is 0.455. The first kappa shape index (κ1) is 13.2. The minimum Gasteiger partial charge on any atom is -0.502 e. The zero-order valence-corrected chi connectivity index (χ0v) is 9.97. The Kier molecular flexibility index (Phi) is 3.90. The van der Waals surface area contributed by atoms with Crippen LogP contribution in [-0.2, 0) is 4.74 Å². The minimum atomic E-state index is -0.663. The van der Waals surface area contributed by atoms with Gasteiger partial charge >= 0.3 is 5.69 Å². The molecule has 0 amide bonds. The molecule has 0 unspecified atom stereocenters. The second-order valence-electron chi connectivity index (χ2n) is 4.16. The van der Waals surface area contributed by atoms with E-state index in [9.17, 15) is 15.2 Å². The molecular weight excluding hydrogens is 226 g/mol. The lowest BCUT2D eigenvalue weighted by Gasteiger charge is -2.22. The Bertz CT molecular complexity index is 416. The van der Waals surface area contributed by atoms with Crippen molar-refractivity contribution in [2.24, 2.45) is 0 Å². The Balaban J connectivity index is 2.80. The van der Waals surface area contributed by atoms with Crippen LogP contribution in [0.3, 0.4) is 0 Å². The molecule has 1 aromatic carbocycles. The Morgan fingerprint density at radius 3 is 2.65 bits per heavy atom.